The van der Waals surface area contributed by atoms with Crippen LogP contribution in [-0.4, -0.2) is 36.4 Å². The van der Waals surface area contributed by atoms with Gasteiger partial charge in [-0.05, 0) is 68.7 Å². The molecule has 1 aliphatic heterocycles. The molecule has 6 heteroatoms. The van der Waals surface area contributed by atoms with Gasteiger partial charge in [0.2, 0.25) is 0 Å². The highest BCUT2D eigenvalue weighted by Crippen LogP contribution is 2.26. The summed E-state index contributed by atoms with van der Waals surface area (Å²) in [5.74, 6) is 0.281. The first kappa shape index (κ1) is 19.2. The minimum atomic E-state index is -0.291. The molecule has 1 heterocycles. The molecule has 0 aromatic heterocycles. The smallest absolute Gasteiger partial charge is 0.256 e. The SMILES string of the molecule is COc1ccc(C(=O)Nc2ccc(Cl)cc2C(=O)N2CCCC[C@@H]2C)cc1. The molecule has 1 atom stereocenters. The van der Waals surface area contributed by atoms with Gasteiger partial charge in [-0.2, -0.15) is 0 Å². The lowest BCUT2D eigenvalue weighted by atomic mass is 10.0. The van der Waals surface area contributed by atoms with Crippen LogP contribution in [0.5, 0.6) is 5.75 Å². The second kappa shape index (κ2) is 8.44. The molecule has 27 heavy (non-hydrogen) atoms. The first-order valence-corrected chi connectivity index (χ1v) is 9.43. The maximum atomic E-state index is 13.1. The largest absolute Gasteiger partial charge is 0.497 e. The van der Waals surface area contributed by atoms with Crippen LogP contribution in [0.4, 0.5) is 5.69 Å². The number of carbonyl (C=O) groups excluding carboxylic acids is 2. The fraction of sp³-hybridized carbons (Fsp3) is 0.333. The highest BCUT2D eigenvalue weighted by molar-refractivity contribution is 6.31. The summed E-state index contributed by atoms with van der Waals surface area (Å²) in [6.07, 6.45) is 3.10. The molecule has 0 unspecified atom stereocenters. The summed E-state index contributed by atoms with van der Waals surface area (Å²) in [4.78, 5) is 27.5. The summed E-state index contributed by atoms with van der Waals surface area (Å²) >= 11 is 6.13. The van der Waals surface area contributed by atoms with Crippen LogP contribution in [0, 0.1) is 0 Å². The number of anilines is 1. The van der Waals surface area contributed by atoms with Gasteiger partial charge in [0.1, 0.15) is 5.75 Å². The van der Waals surface area contributed by atoms with Crippen molar-refractivity contribution in [3.05, 3.63) is 58.6 Å². The van der Waals surface area contributed by atoms with Crippen LogP contribution in [0.1, 0.15) is 46.9 Å². The van der Waals surface area contributed by atoms with Gasteiger partial charge in [-0.1, -0.05) is 11.6 Å². The molecule has 0 bridgehead atoms. The van der Waals surface area contributed by atoms with E-state index in [0.717, 1.165) is 25.8 Å². The molecular formula is C21H23ClN2O3. The molecule has 1 saturated heterocycles. The number of methoxy groups -OCH3 is 1. The van der Waals surface area contributed by atoms with Gasteiger partial charge >= 0.3 is 0 Å². The highest BCUT2D eigenvalue weighted by Gasteiger charge is 2.26. The van der Waals surface area contributed by atoms with Crippen molar-refractivity contribution in [2.24, 2.45) is 0 Å². The normalized spacial score (nSPS) is 16.7. The van der Waals surface area contributed by atoms with Gasteiger partial charge in [-0.15, -0.1) is 0 Å². The number of hydrogen-bond donors (Lipinski definition) is 1. The Balaban J connectivity index is 1.84. The minimum Gasteiger partial charge on any atom is -0.497 e. The number of amides is 2. The number of hydrogen-bond acceptors (Lipinski definition) is 3. The average molecular weight is 387 g/mol. The number of carbonyl (C=O) groups is 2. The lowest BCUT2D eigenvalue weighted by Crippen LogP contribution is -2.42. The van der Waals surface area contributed by atoms with E-state index in [1.54, 1.807) is 49.6 Å². The molecule has 5 nitrogen and oxygen atoms in total. The summed E-state index contributed by atoms with van der Waals surface area (Å²) in [6.45, 7) is 2.77. The quantitative estimate of drug-likeness (QED) is 0.834. The zero-order chi connectivity index (χ0) is 19.4. The number of nitrogens with zero attached hydrogens (tertiary/aromatic N) is 1. The molecule has 142 valence electrons. The molecule has 3 rings (SSSR count). The average Bonchev–Trinajstić information content (AvgIpc) is 2.69. The Hall–Kier alpha value is -2.53. The molecule has 2 aromatic rings. The van der Waals surface area contributed by atoms with Gasteiger partial charge in [0.25, 0.3) is 11.8 Å². The molecule has 2 amide bonds. The molecule has 2 aromatic carbocycles. The summed E-state index contributed by atoms with van der Waals surface area (Å²) in [6, 6.07) is 11.9. The van der Waals surface area contributed by atoms with E-state index in [1.807, 2.05) is 4.90 Å². The van der Waals surface area contributed by atoms with E-state index in [1.165, 1.54) is 0 Å². The number of nitrogens with one attached hydrogen (secondary N) is 1. The Morgan fingerprint density at radius 1 is 1.15 bits per heavy atom. The third-order valence-corrected chi connectivity index (χ3v) is 5.11. The summed E-state index contributed by atoms with van der Waals surface area (Å²) < 4.78 is 5.11. The topological polar surface area (TPSA) is 58.6 Å². The van der Waals surface area contributed by atoms with Crippen LogP contribution in [0.25, 0.3) is 0 Å². The maximum absolute atomic E-state index is 13.1. The van der Waals surface area contributed by atoms with Crippen LogP contribution in [0.15, 0.2) is 42.5 Å². The second-order valence-electron chi connectivity index (χ2n) is 6.72. The van der Waals surface area contributed by atoms with E-state index in [9.17, 15) is 9.59 Å². The number of benzene rings is 2. The van der Waals surface area contributed by atoms with Crippen LogP contribution in [0.3, 0.4) is 0 Å². The fourth-order valence-electron chi connectivity index (χ4n) is 3.29. The van der Waals surface area contributed by atoms with Gasteiger partial charge in [0, 0.05) is 23.2 Å². The zero-order valence-electron chi connectivity index (χ0n) is 15.5. The van der Waals surface area contributed by atoms with Crippen molar-refractivity contribution < 1.29 is 14.3 Å². The number of rotatable bonds is 4. The highest BCUT2D eigenvalue weighted by atomic mass is 35.5. The first-order valence-electron chi connectivity index (χ1n) is 9.05. The monoisotopic (exact) mass is 386 g/mol. The van der Waals surface area contributed by atoms with Crippen molar-refractivity contribution >= 4 is 29.1 Å². The van der Waals surface area contributed by atoms with Crippen molar-refractivity contribution in [3.63, 3.8) is 0 Å². The van der Waals surface area contributed by atoms with E-state index in [0.29, 0.717) is 27.6 Å². The summed E-state index contributed by atoms with van der Waals surface area (Å²) in [7, 11) is 1.57. The predicted octanol–water partition coefficient (Wildman–Crippen LogP) is 4.62. The Labute approximate surface area is 164 Å². The van der Waals surface area contributed by atoms with Gasteiger partial charge in [0.05, 0.1) is 18.4 Å². The molecule has 1 N–H and O–H groups in total. The third-order valence-electron chi connectivity index (χ3n) is 4.88. The third kappa shape index (κ3) is 4.42. The Morgan fingerprint density at radius 3 is 2.56 bits per heavy atom. The van der Waals surface area contributed by atoms with Crippen LogP contribution < -0.4 is 10.1 Å². The Bertz CT molecular complexity index is 836. The standard InChI is InChI=1S/C21H23ClN2O3/c1-14-5-3-4-12-24(14)21(26)18-13-16(22)8-11-19(18)23-20(25)15-6-9-17(27-2)10-7-15/h6-11,13-14H,3-5,12H2,1-2H3,(H,23,25)/t14-/m0/s1. The van der Waals surface area contributed by atoms with Crippen molar-refractivity contribution in [2.75, 3.05) is 19.0 Å². The number of piperidine rings is 1. The van der Waals surface area contributed by atoms with Crippen molar-refractivity contribution in [3.8, 4) is 5.75 Å². The van der Waals surface area contributed by atoms with Crippen molar-refractivity contribution in [1.82, 2.24) is 4.90 Å². The fourth-order valence-corrected chi connectivity index (χ4v) is 3.47. The molecule has 0 aliphatic carbocycles. The summed E-state index contributed by atoms with van der Waals surface area (Å²) in [5.41, 5.74) is 1.36. The minimum absolute atomic E-state index is 0.102. The lowest BCUT2D eigenvalue weighted by Gasteiger charge is -2.34. The Morgan fingerprint density at radius 2 is 1.89 bits per heavy atom. The van der Waals surface area contributed by atoms with Crippen LogP contribution in [-0.2, 0) is 0 Å². The van der Waals surface area contributed by atoms with E-state index in [2.05, 4.69) is 12.2 Å². The van der Waals surface area contributed by atoms with E-state index in [4.69, 9.17) is 16.3 Å². The molecule has 1 fully saturated rings. The molecule has 0 spiro atoms. The number of halogens is 1. The first-order chi connectivity index (χ1) is 13.0. The van der Waals surface area contributed by atoms with Gasteiger partial charge in [0.15, 0.2) is 0 Å². The van der Waals surface area contributed by atoms with Gasteiger partial charge in [-0.3, -0.25) is 9.59 Å². The predicted molar refractivity (Wildman–Crippen MR) is 107 cm³/mol. The van der Waals surface area contributed by atoms with E-state index in [-0.39, 0.29) is 17.9 Å². The van der Waals surface area contributed by atoms with Crippen molar-refractivity contribution in [1.29, 1.82) is 0 Å². The van der Waals surface area contributed by atoms with Gasteiger partial charge < -0.3 is 15.0 Å². The maximum Gasteiger partial charge on any atom is 0.256 e. The zero-order valence-corrected chi connectivity index (χ0v) is 16.3. The molecular weight excluding hydrogens is 364 g/mol. The molecule has 0 radical (unpaired) electrons. The second-order valence-corrected chi connectivity index (χ2v) is 7.15. The molecule has 0 saturated carbocycles. The lowest BCUT2D eigenvalue weighted by molar-refractivity contribution is 0.0636. The number of likely N-dealkylation sites (tertiary alicyclic amines) is 1. The van der Waals surface area contributed by atoms with Gasteiger partial charge in [-0.25, -0.2) is 0 Å². The Kier molecular flexibility index (Phi) is 6.01. The van der Waals surface area contributed by atoms with E-state index < -0.39 is 0 Å². The molecule has 1 aliphatic rings. The van der Waals surface area contributed by atoms with E-state index >= 15 is 0 Å². The van der Waals surface area contributed by atoms with Crippen LogP contribution in [0.2, 0.25) is 5.02 Å². The van der Waals surface area contributed by atoms with Crippen molar-refractivity contribution in [2.45, 2.75) is 32.2 Å². The van der Waals surface area contributed by atoms with Crippen LogP contribution >= 0.6 is 11.6 Å². The number of ether oxygens (including phenoxy) is 1. The summed E-state index contributed by atoms with van der Waals surface area (Å²) in [5, 5.41) is 3.30.